The summed E-state index contributed by atoms with van der Waals surface area (Å²) in [5, 5.41) is 0. The molecule has 0 spiro atoms. The van der Waals surface area contributed by atoms with Crippen LogP contribution in [0.2, 0.25) is 0 Å². The standard InChI is InChI=1S/C16H14N4O/c21-16-17-15-14(18-19-16)12-8-4-5-9-13(12)20(15)10-11-6-2-1-3-7-11/h1-9,14,18H,10H2,(H,19,21). The van der Waals surface area contributed by atoms with Crippen molar-refractivity contribution >= 4 is 17.6 Å². The number of amidine groups is 1. The van der Waals surface area contributed by atoms with Crippen LogP contribution >= 0.6 is 0 Å². The van der Waals surface area contributed by atoms with Gasteiger partial charge in [-0.3, -0.25) is 5.43 Å². The van der Waals surface area contributed by atoms with E-state index in [-0.39, 0.29) is 12.1 Å². The number of aliphatic imine (C=N–C) groups is 1. The Morgan fingerprint density at radius 3 is 2.67 bits per heavy atom. The maximum atomic E-state index is 11.6. The Labute approximate surface area is 122 Å². The number of amides is 2. The zero-order valence-corrected chi connectivity index (χ0v) is 11.3. The molecule has 21 heavy (non-hydrogen) atoms. The van der Waals surface area contributed by atoms with Gasteiger partial charge in [0, 0.05) is 17.8 Å². The Bertz CT molecular complexity index is 726. The molecule has 104 valence electrons. The van der Waals surface area contributed by atoms with Crippen molar-refractivity contribution in [1.82, 2.24) is 10.9 Å². The van der Waals surface area contributed by atoms with Crippen molar-refractivity contribution in [2.45, 2.75) is 12.6 Å². The molecule has 1 unspecified atom stereocenters. The molecule has 2 aliphatic rings. The maximum absolute atomic E-state index is 11.6. The first kappa shape index (κ1) is 12.1. The van der Waals surface area contributed by atoms with Crippen LogP contribution in [0.3, 0.4) is 0 Å². The summed E-state index contributed by atoms with van der Waals surface area (Å²) in [5.41, 5.74) is 9.01. The minimum atomic E-state index is -0.355. The molecule has 0 saturated heterocycles. The molecule has 0 bridgehead atoms. The third-order valence-electron chi connectivity index (χ3n) is 3.80. The van der Waals surface area contributed by atoms with Crippen molar-refractivity contribution in [2.24, 2.45) is 4.99 Å². The van der Waals surface area contributed by atoms with E-state index in [1.165, 1.54) is 5.56 Å². The number of hydrazine groups is 1. The first-order valence-electron chi connectivity index (χ1n) is 6.87. The quantitative estimate of drug-likeness (QED) is 0.886. The summed E-state index contributed by atoms with van der Waals surface area (Å²) in [6, 6.07) is 17.9. The molecule has 0 fully saturated rings. The SMILES string of the molecule is O=C1N=C2C(NN1)c1ccccc1N2Cc1ccccc1. The van der Waals surface area contributed by atoms with Gasteiger partial charge >= 0.3 is 6.03 Å². The van der Waals surface area contributed by atoms with E-state index in [9.17, 15) is 4.79 Å². The number of para-hydroxylation sites is 1. The number of nitrogens with zero attached hydrogens (tertiary/aromatic N) is 2. The number of benzene rings is 2. The van der Waals surface area contributed by atoms with Crippen LogP contribution in [0.5, 0.6) is 0 Å². The normalized spacial score (nSPS) is 19.6. The van der Waals surface area contributed by atoms with Crippen LogP contribution < -0.4 is 15.8 Å². The van der Waals surface area contributed by atoms with Gasteiger partial charge in [0.05, 0.1) is 0 Å². The lowest BCUT2D eigenvalue weighted by molar-refractivity contribution is 0.242. The van der Waals surface area contributed by atoms with Crippen LogP contribution in [0, 0.1) is 0 Å². The van der Waals surface area contributed by atoms with Crippen molar-refractivity contribution < 1.29 is 4.79 Å². The van der Waals surface area contributed by atoms with Crippen LogP contribution in [-0.2, 0) is 6.54 Å². The van der Waals surface area contributed by atoms with Gasteiger partial charge < -0.3 is 4.90 Å². The summed E-state index contributed by atoms with van der Waals surface area (Å²) in [7, 11) is 0. The number of hydrogen-bond donors (Lipinski definition) is 2. The molecule has 0 saturated carbocycles. The lowest BCUT2D eigenvalue weighted by atomic mass is 10.1. The Morgan fingerprint density at radius 2 is 1.81 bits per heavy atom. The van der Waals surface area contributed by atoms with E-state index in [0.29, 0.717) is 6.54 Å². The van der Waals surface area contributed by atoms with E-state index in [4.69, 9.17) is 0 Å². The lowest BCUT2D eigenvalue weighted by Gasteiger charge is -2.24. The molecule has 2 amide bonds. The van der Waals surface area contributed by atoms with Crippen LogP contribution in [0.15, 0.2) is 59.6 Å². The molecule has 1 atom stereocenters. The zero-order chi connectivity index (χ0) is 14.2. The fourth-order valence-electron chi connectivity index (χ4n) is 2.86. The Morgan fingerprint density at radius 1 is 1.05 bits per heavy atom. The molecule has 2 aromatic carbocycles. The number of carbonyl (C=O) groups is 1. The molecule has 5 nitrogen and oxygen atoms in total. The van der Waals surface area contributed by atoms with Crippen molar-refractivity contribution in [1.29, 1.82) is 0 Å². The number of urea groups is 1. The second kappa shape index (κ2) is 4.71. The molecule has 2 aromatic rings. The maximum Gasteiger partial charge on any atom is 0.357 e. The smallest absolute Gasteiger partial charge is 0.323 e. The average Bonchev–Trinajstić information content (AvgIpc) is 2.82. The van der Waals surface area contributed by atoms with Gasteiger partial charge in [0.2, 0.25) is 0 Å². The number of nitrogens with one attached hydrogen (secondary N) is 2. The van der Waals surface area contributed by atoms with E-state index >= 15 is 0 Å². The van der Waals surface area contributed by atoms with Gasteiger partial charge in [0.15, 0.2) is 0 Å². The molecule has 2 heterocycles. The summed E-state index contributed by atoms with van der Waals surface area (Å²) in [6.45, 7) is 0.697. The van der Waals surface area contributed by atoms with Crippen molar-refractivity contribution in [3.63, 3.8) is 0 Å². The number of anilines is 1. The van der Waals surface area contributed by atoms with Gasteiger partial charge in [0.25, 0.3) is 0 Å². The monoisotopic (exact) mass is 278 g/mol. The highest BCUT2D eigenvalue weighted by Crippen LogP contribution is 2.37. The number of fused-ring (bicyclic) bond motifs is 3. The van der Waals surface area contributed by atoms with E-state index in [1.807, 2.05) is 30.3 Å². The van der Waals surface area contributed by atoms with E-state index in [1.54, 1.807) is 0 Å². The number of carbonyl (C=O) groups excluding carboxylic acids is 1. The average molecular weight is 278 g/mol. The Hall–Kier alpha value is -2.66. The highest BCUT2D eigenvalue weighted by atomic mass is 16.2. The minimum Gasteiger partial charge on any atom is -0.323 e. The predicted octanol–water partition coefficient (Wildman–Crippen LogP) is 2.37. The van der Waals surface area contributed by atoms with E-state index < -0.39 is 0 Å². The third kappa shape index (κ3) is 1.98. The molecule has 2 N–H and O–H groups in total. The molecule has 2 aliphatic heterocycles. The number of hydrogen-bond acceptors (Lipinski definition) is 3. The van der Waals surface area contributed by atoms with Gasteiger partial charge in [-0.15, -0.1) is 0 Å². The van der Waals surface area contributed by atoms with Gasteiger partial charge in [0.1, 0.15) is 11.9 Å². The predicted molar refractivity (Wildman–Crippen MR) is 80.9 cm³/mol. The highest BCUT2D eigenvalue weighted by molar-refractivity contribution is 6.13. The summed E-state index contributed by atoms with van der Waals surface area (Å²) in [4.78, 5) is 17.8. The number of rotatable bonds is 2. The van der Waals surface area contributed by atoms with E-state index in [0.717, 1.165) is 17.1 Å². The molecule has 4 rings (SSSR count). The van der Waals surface area contributed by atoms with Gasteiger partial charge in [-0.2, -0.15) is 4.99 Å². The van der Waals surface area contributed by atoms with Crippen LogP contribution in [0.25, 0.3) is 0 Å². The van der Waals surface area contributed by atoms with Gasteiger partial charge in [-0.25, -0.2) is 10.2 Å². The molecule has 5 heteroatoms. The molecule has 0 aromatic heterocycles. The third-order valence-corrected chi connectivity index (χ3v) is 3.80. The van der Waals surface area contributed by atoms with Crippen LogP contribution in [0.4, 0.5) is 10.5 Å². The fraction of sp³-hybridized carbons (Fsp3) is 0.125. The van der Waals surface area contributed by atoms with Crippen molar-refractivity contribution in [3.8, 4) is 0 Å². The molecular formula is C16H14N4O. The second-order valence-corrected chi connectivity index (χ2v) is 5.11. The largest absolute Gasteiger partial charge is 0.357 e. The molecule has 0 radical (unpaired) electrons. The van der Waals surface area contributed by atoms with Crippen LogP contribution in [-0.4, -0.2) is 11.9 Å². The minimum absolute atomic E-state index is 0.0809. The Balaban J connectivity index is 1.78. The first-order valence-corrected chi connectivity index (χ1v) is 6.87. The van der Waals surface area contributed by atoms with Gasteiger partial charge in [-0.1, -0.05) is 48.5 Å². The van der Waals surface area contributed by atoms with Gasteiger partial charge in [-0.05, 0) is 11.6 Å². The fourth-order valence-corrected chi connectivity index (χ4v) is 2.86. The summed E-state index contributed by atoms with van der Waals surface area (Å²) >= 11 is 0. The molecular weight excluding hydrogens is 264 g/mol. The molecule has 0 aliphatic carbocycles. The van der Waals surface area contributed by atoms with Crippen LogP contribution in [0.1, 0.15) is 17.2 Å². The highest BCUT2D eigenvalue weighted by Gasteiger charge is 2.37. The first-order chi connectivity index (χ1) is 10.3. The van der Waals surface area contributed by atoms with E-state index in [2.05, 4.69) is 45.0 Å². The van der Waals surface area contributed by atoms with Crippen molar-refractivity contribution in [3.05, 3.63) is 65.7 Å². The second-order valence-electron chi connectivity index (χ2n) is 5.11. The summed E-state index contributed by atoms with van der Waals surface area (Å²) < 4.78 is 0. The zero-order valence-electron chi connectivity index (χ0n) is 11.3. The van der Waals surface area contributed by atoms with Crippen molar-refractivity contribution in [2.75, 3.05) is 4.90 Å². The summed E-state index contributed by atoms with van der Waals surface area (Å²) in [6.07, 6.45) is 0. The Kier molecular flexibility index (Phi) is 2.72. The lowest BCUT2D eigenvalue weighted by Crippen LogP contribution is -2.48. The summed E-state index contributed by atoms with van der Waals surface area (Å²) in [5.74, 6) is 0.754. The topological polar surface area (TPSA) is 56.7 Å².